The summed E-state index contributed by atoms with van der Waals surface area (Å²) in [6, 6.07) is 2.05. The SMILES string of the molecule is CC(=O)OC(C)CN1CC2CCC(C1)N2C(C)C. The number of rotatable bonds is 4. The first-order valence-corrected chi connectivity index (χ1v) is 7.14. The van der Waals surface area contributed by atoms with Crippen LogP contribution in [0.15, 0.2) is 0 Å². The maximum Gasteiger partial charge on any atom is 0.302 e. The number of hydrogen-bond donors (Lipinski definition) is 0. The van der Waals surface area contributed by atoms with Gasteiger partial charge >= 0.3 is 5.97 Å². The number of carbonyl (C=O) groups excluding carboxylic acids is 1. The Kier molecular flexibility index (Phi) is 4.28. The maximum absolute atomic E-state index is 10.9. The molecule has 0 aliphatic carbocycles. The van der Waals surface area contributed by atoms with Gasteiger partial charge in [0.15, 0.2) is 0 Å². The fourth-order valence-electron chi connectivity index (χ4n) is 3.70. The van der Waals surface area contributed by atoms with E-state index >= 15 is 0 Å². The normalized spacial score (nSPS) is 30.7. The van der Waals surface area contributed by atoms with Crippen molar-refractivity contribution in [2.75, 3.05) is 19.6 Å². The maximum atomic E-state index is 10.9. The Labute approximate surface area is 110 Å². The average Bonchev–Trinajstić information content (AvgIpc) is 2.50. The fourth-order valence-corrected chi connectivity index (χ4v) is 3.70. The van der Waals surface area contributed by atoms with E-state index in [1.807, 2.05) is 6.92 Å². The second-order valence-electron chi connectivity index (χ2n) is 6.06. The number of ether oxygens (including phenoxy) is 1. The Balaban J connectivity index is 1.87. The van der Waals surface area contributed by atoms with Gasteiger partial charge in [0.2, 0.25) is 0 Å². The van der Waals surface area contributed by atoms with E-state index in [9.17, 15) is 4.79 Å². The molecule has 18 heavy (non-hydrogen) atoms. The lowest BCUT2D eigenvalue weighted by atomic mass is 10.1. The number of likely N-dealkylation sites (tertiary alicyclic amines) is 1. The Hall–Kier alpha value is -0.610. The molecule has 2 aliphatic heterocycles. The second kappa shape index (κ2) is 5.57. The molecule has 0 amide bonds. The van der Waals surface area contributed by atoms with Gasteiger partial charge in [0.1, 0.15) is 6.10 Å². The Morgan fingerprint density at radius 2 is 1.78 bits per heavy atom. The highest BCUT2D eigenvalue weighted by Crippen LogP contribution is 2.31. The third kappa shape index (κ3) is 3.04. The second-order valence-corrected chi connectivity index (χ2v) is 6.06. The van der Waals surface area contributed by atoms with Crippen LogP contribution >= 0.6 is 0 Å². The van der Waals surface area contributed by atoms with Crippen molar-refractivity contribution in [3.05, 3.63) is 0 Å². The van der Waals surface area contributed by atoms with Crippen LogP contribution in [-0.2, 0) is 9.53 Å². The van der Waals surface area contributed by atoms with Gasteiger partial charge in [0.25, 0.3) is 0 Å². The molecule has 2 fully saturated rings. The summed E-state index contributed by atoms with van der Waals surface area (Å²) in [6.45, 7) is 11.2. The topological polar surface area (TPSA) is 32.8 Å². The quantitative estimate of drug-likeness (QED) is 0.712. The Morgan fingerprint density at radius 1 is 1.22 bits per heavy atom. The summed E-state index contributed by atoms with van der Waals surface area (Å²) in [6.07, 6.45) is 2.65. The van der Waals surface area contributed by atoms with Gasteiger partial charge in [-0.15, -0.1) is 0 Å². The minimum Gasteiger partial charge on any atom is -0.461 e. The van der Waals surface area contributed by atoms with Crippen LogP contribution in [-0.4, -0.2) is 59.6 Å². The molecule has 104 valence electrons. The number of carbonyl (C=O) groups is 1. The molecular formula is C14H26N2O2. The van der Waals surface area contributed by atoms with E-state index < -0.39 is 0 Å². The third-order valence-electron chi connectivity index (χ3n) is 4.09. The summed E-state index contributed by atoms with van der Waals surface area (Å²) in [7, 11) is 0. The molecule has 4 heteroatoms. The van der Waals surface area contributed by atoms with Crippen LogP contribution in [0.2, 0.25) is 0 Å². The fraction of sp³-hybridized carbons (Fsp3) is 0.929. The Bertz CT molecular complexity index is 292. The van der Waals surface area contributed by atoms with Crippen molar-refractivity contribution in [2.45, 2.75) is 64.8 Å². The number of esters is 1. The van der Waals surface area contributed by atoms with E-state index in [2.05, 4.69) is 23.6 Å². The summed E-state index contributed by atoms with van der Waals surface area (Å²) < 4.78 is 5.22. The summed E-state index contributed by atoms with van der Waals surface area (Å²) in [5.41, 5.74) is 0. The monoisotopic (exact) mass is 254 g/mol. The summed E-state index contributed by atoms with van der Waals surface area (Å²) in [5.74, 6) is -0.175. The van der Waals surface area contributed by atoms with Gasteiger partial charge in [-0.1, -0.05) is 0 Å². The average molecular weight is 254 g/mol. The number of hydrogen-bond acceptors (Lipinski definition) is 4. The van der Waals surface area contributed by atoms with E-state index in [0.717, 1.165) is 19.6 Å². The molecule has 2 saturated heterocycles. The van der Waals surface area contributed by atoms with Gasteiger partial charge in [-0.3, -0.25) is 14.6 Å². The van der Waals surface area contributed by atoms with Gasteiger partial charge in [-0.2, -0.15) is 0 Å². The molecule has 2 bridgehead atoms. The van der Waals surface area contributed by atoms with Crippen LogP contribution in [0.4, 0.5) is 0 Å². The largest absolute Gasteiger partial charge is 0.461 e. The van der Waals surface area contributed by atoms with E-state index in [4.69, 9.17) is 4.74 Å². The van der Waals surface area contributed by atoms with E-state index in [-0.39, 0.29) is 12.1 Å². The lowest BCUT2D eigenvalue weighted by molar-refractivity contribution is -0.146. The molecule has 3 unspecified atom stereocenters. The molecule has 0 aromatic rings. The van der Waals surface area contributed by atoms with Crippen molar-refractivity contribution in [1.82, 2.24) is 9.80 Å². The van der Waals surface area contributed by atoms with Crippen LogP contribution in [0.25, 0.3) is 0 Å². The van der Waals surface area contributed by atoms with Crippen LogP contribution < -0.4 is 0 Å². The van der Waals surface area contributed by atoms with Gasteiger partial charge in [-0.25, -0.2) is 0 Å². The van der Waals surface area contributed by atoms with Crippen molar-refractivity contribution in [3.8, 4) is 0 Å². The minimum atomic E-state index is -0.175. The highest BCUT2D eigenvalue weighted by molar-refractivity contribution is 5.66. The molecule has 0 N–H and O–H groups in total. The standard InChI is InChI=1S/C14H26N2O2/c1-10(2)16-13-5-6-14(16)9-15(8-13)7-11(3)18-12(4)17/h10-11,13-14H,5-9H2,1-4H3. The molecule has 3 atom stereocenters. The first-order chi connectivity index (χ1) is 8.47. The molecule has 0 aromatic heterocycles. The van der Waals surface area contributed by atoms with Crippen LogP contribution in [0.3, 0.4) is 0 Å². The van der Waals surface area contributed by atoms with Crippen molar-refractivity contribution in [1.29, 1.82) is 0 Å². The highest BCUT2D eigenvalue weighted by atomic mass is 16.5. The smallest absolute Gasteiger partial charge is 0.302 e. The number of piperazine rings is 1. The lowest BCUT2D eigenvalue weighted by Crippen LogP contribution is -2.57. The van der Waals surface area contributed by atoms with Gasteiger partial charge in [-0.05, 0) is 33.6 Å². The third-order valence-corrected chi connectivity index (χ3v) is 4.09. The number of fused-ring (bicyclic) bond motifs is 2. The zero-order chi connectivity index (χ0) is 13.3. The van der Waals surface area contributed by atoms with Crippen LogP contribution in [0, 0.1) is 0 Å². The molecule has 0 spiro atoms. The van der Waals surface area contributed by atoms with Crippen molar-refractivity contribution >= 4 is 5.97 Å². The van der Waals surface area contributed by atoms with Crippen molar-refractivity contribution in [2.24, 2.45) is 0 Å². The van der Waals surface area contributed by atoms with E-state index in [1.54, 1.807) is 0 Å². The van der Waals surface area contributed by atoms with Gasteiger partial charge in [0, 0.05) is 44.7 Å². The molecule has 0 radical (unpaired) electrons. The Morgan fingerprint density at radius 3 is 2.22 bits per heavy atom. The van der Waals surface area contributed by atoms with E-state index in [1.165, 1.54) is 19.8 Å². The summed E-state index contributed by atoms with van der Waals surface area (Å²) in [5, 5.41) is 0. The van der Waals surface area contributed by atoms with Crippen molar-refractivity contribution < 1.29 is 9.53 Å². The summed E-state index contributed by atoms with van der Waals surface area (Å²) >= 11 is 0. The van der Waals surface area contributed by atoms with Crippen LogP contribution in [0.5, 0.6) is 0 Å². The predicted molar refractivity (Wildman–Crippen MR) is 71.5 cm³/mol. The predicted octanol–water partition coefficient (Wildman–Crippen LogP) is 1.49. The van der Waals surface area contributed by atoms with Gasteiger partial charge in [0.05, 0.1) is 0 Å². The summed E-state index contributed by atoms with van der Waals surface area (Å²) in [4.78, 5) is 16.1. The molecular weight excluding hydrogens is 228 g/mol. The molecule has 2 rings (SSSR count). The zero-order valence-electron chi connectivity index (χ0n) is 12.1. The zero-order valence-corrected chi connectivity index (χ0v) is 12.1. The minimum absolute atomic E-state index is 0.00694. The van der Waals surface area contributed by atoms with Crippen LogP contribution in [0.1, 0.15) is 40.5 Å². The van der Waals surface area contributed by atoms with E-state index in [0.29, 0.717) is 18.1 Å². The molecule has 0 saturated carbocycles. The highest BCUT2D eigenvalue weighted by Gasteiger charge is 2.41. The lowest BCUT2D eigenvalue weighted by Gasteiger charge is -2.43. The first-order valence-electron chi connectivity index (χ1n) is 7.14. The molecule has 0 aromatic carbocycles. The first kappa shape index (κ1) is 13.8. The van der Waals surface area contributed by atoms with Gasteiger partial charge < -0.3 is 4.74 Å². The van der Waals surface area contributed by atoms with Crippen molar-refractivity contribution in [3.63, 3.8) is 0 Å². The molecule has 2 aliphatic rings. The molecule has 2 heterocycles. The molecule has 4 nitrogen and oxygen atoms in total. The number of nitrogens with zero attached hydrogens (tertiary/aromatic N) is 2.